The molecule has 0 aliphatic heterocycles. The molecule has 108 valence electrons. The molecule has 1 aromatic carbocycles. The molecule has 0 aliphatic rings. The van der Waals surface area contributed by atoms with Gasteiger partial charge in [0.25, 0.3) is 0 Å². The number of nitrogens with two attached hydrogens (primary N) is 1. The van der Waals surface area contributed by atoms with Gasteiger partial charge < -0.3 is 4.74 Å². The fourth-order valence-corrected chi connectivity index (χ4v) is 2.85. The molecular weight excluding hydrogens is 270 g/mol. The van der Waals surface area contributed by atoms with Gasteiger partial charge in [-0.25, -0.2) is 10.8 Å². The van der Waals surface area contributed by atoms with Crippen molar-refractivity contribution in [2.45, 2.75) is 33.1 Å². The molecule has 0 bridgehead atoms. The van der Waals surface area contributed by atoms with Crippen molar-refractivity contribution in [2.24, 2.45) is 5.84 Å². The number of thiazole rings is 1. The van der Waals surface area contributed by atoms with Crippen LogP contribution in [0, 0.1) is 6.92 Å². The number of nitrogens with one attached hydrogen (secondary N) is 1. The second kappa shape index (κ2) is 7.26. The van der Waals surface area contributed by atoms with Crippen molar-refractivity contribution >= 4 is 16.5 Å². The minimum absolute atomic E-state index is 0.734. The van der Waals surface area contributed by atoms with E-state index in [1.807, 2.05) is 19.1 Å². The molecule has 3 N–H and O–H groups in total. The number of rotatable bonds is 7. The number of benzene rings is 1. The summed E-state index contributed by atoms with van der Waals surface area (Å²) >= 11 is 1.55. The number of hydrogen-bond donors (Lipinski definition) is 2. The van der Waals surface area contributed by atoms with Gasteiger partial charge in [-0.3, -0.25) is 5.43 Å². The lowest BCUT2D eigenvalue weighted by Gasteiger charge is -2.06. The molecule has 1 heterocycles. The number of hydrogen-bond acceptors (Lipinski definition) is 5. The Morgan fingerprint density at radius 1 is 1.25 bits per heavy atom. The third kappa shape index (κ3) is 3.71. The molecule has 0 unspecified atom stereocenters. The first kappa shape index (κ1) is 14.8. The number of aromatic nitrogens is 1. The first-order chi connectivity index (χ1) is 9.74. The van der Waals surface area contributed by atoms with Crippen molar-refractivity contribution in [3.8, 4) is 16.2 Å². The first-order valence-electron chi connectivity index (χ1n) is 6.92. The van der Waals surface area contributed by atoms with E-state index in [1.165, 1.54) is 12.8 Å². The maximum atomic E-state index is 5.71. The Balaban J connectivity index is 2.02. The predicted molar refractivity (Wildman–Crippen MR) is 85.1 cm³/mol. The topological polar surface area (TPSA) is 60.2 Å². The highest BCUT2D eigenvalue weighted by molar-refractivity contribution is 7.19. The van der Waals surface area contributed by atoms with Gasteiger partial charge in [-0.2, -0.15) is 0 Å². The summed E-state index contributed by atoms with van der Waals surface area (Å²) in [6.45, 7) is 4.96. The molecule has 2 aromatic rings. The zero-order chi connectivity index (χ0) is 14.4. The van der Waals surface area contributed by atoms with E-state index < -0.39 is 0 Å². The summed E-state index contributed by atoms with van der Waals surface area (Å²) in [7, 11) is 0. The second-order valence-electron chi connectivity index (χ2n) is 4.66. The summed E-state index contributed by atoms with van der Waals surface area (Å²) in [4.78, 5) is 5.48. The van der Waals surface area contributed by atoms with Gasteiger partial charge in [-0.05, 0) is 43.2 Å². The molecule has 0 saturated carbocycles. The van der Waals surface area contributed by atoms with E-state index in [9.17, 15) is 0 Å². The van der Waals surface area contributed by atoms with Gasteiger partial charge in [-0.1, -0.05) is 31.1 Å². The molecule has 0 atom stereocenters. The Bertz CT molecular complexity index is 537. The Hall–Kier alpha value is -1.59. The summed E-state index contributed by atoms with van der Waals surface area (Å²) in [6, 6.07) is 8.15. The highest BCUT2D eigenvalue weighted by Crippen LogP contribution is 2.33. The highest BCUT2D eigenvalue weighted by Gasteiger charge is 2.09. The maximum absolute atomic E-state index is 5.71. The van der Waals surface area contributed by atoms with Crippen molar-refractivity contribution in [1.29, 1.82) is 0 Å². The largest absolute Gasteiger partial charge is 0.494 e. The van der Waals surface area contributed by atoms with Crippen molar-refractivity contribution in [1.82, 2.24) is 4.98 Å². The minimum atomic E-state index is 0.734. The smallest absolute Gasteiger partial charge is 0.197 e. The van der Waals surface area contributed by atoms with E-state index in [1.54, 1.807) is 11.3 Å². The Morgan fingerprint density at radius 3 is 2.60 bits per heavy atom. The molecule has 0 saturated heterocycles. The normalized spacial score (nSPS) is 10.6. The molecule has 0 fully saturated rings. The number of anilines is 1. The molecule has 0 aliphatic carbocycles. The molecule has 0 spiro atoms. The van der Waals surface area contributed by atoms with Gasteiger partial charge in [0, 0.05) is 0 Å². The standard InChI is InChI=1S/C15H21N3OS/c1-3-4-5-10-19-13-8-6-12(7-9-13)14-11(2)17-15(18-16)20-14/h6-9H,3-5,10,16H2,1-2H3,(H,17,18). The van der Waals surface area contributed by atoms with Crippen molar-refractivity contribution in [3.05, 3.63) is 30.0 Å². The van der Waals surface area contributed by atoms with Crippen LogP contribution in [0.3, 0.4) is 0 Å². The Labute approximate surface area is 124 Å². The van der Waals surface area contributed by atoms with Gasteiger partial charge >= 0.3 is 0 Å². The lowest BCUT2D eigenvalue weighted by atomic mass is 10.1. The fraction of sp³-hybridized carbons (Fsp3) is 0.400. The molecule has 1 aromatic heterocycles. The van der Waals surface area contributed by atoms with Gasteiger partial charge in [0.15, 0.2) is 5.13 Å². The van der Waals surface area contributed by atoms with Gasteiger partial charge in [0.1, 0.15) is 5.75 Å². The quantitative estimate of drug-likeness (QED) is 0.460. The maximum Gasteiger partial charge on any atom is 0.197 e. The summed E-state index contributed by atoms with van der Waals surface area (Å²) in [5.74, 6) is 6.31. The van der Waals surface area contributed by atoms with E-state index in [0.717, 1.165) is 40.0 Å². The number of unbranched alkanes of at least 4 members (excludes halogenated alkanes) is 2. The van der Waals surface area contributed by atoms with Crippen LogP contribution in [0.25, 0.3) is 10.4 Å². The number of hydrazine groups is 1. The van der Waals surface area contributed by atoms with Crippen LogP contribution in [0.5, 0.6) is 5.75 Å². The van der Waals surface area contributed by atoms with Crippen LogP contribution in [0.15, 0.2) is 24.3 Å². The lowest BCUT2D eigenvalue weighted by molar-refractivity contribution is 0.306. The average Bonchev–Trinajstić information content (AvgIpc) is 2.85. The molecule has 4 nitrogen and oxygen atoms in total. The van der Waals surface area contributed by atoms with Crippen molar-refractivity contribution < 1.29 is 4.74 Å². The molecule has 0 amide bonds. The van der Waals surface area contributed by atoms with Crippen molar-refractivity contribution in [3.63, 3.8) is 0 Å². The minimum Gasteiger partial charge on any atom is -0.494 e. The monoisotopic (exact) mass is 291 g/mol. The van der Waals surface area contributed by atoms with Crippen LogP contribution < -0.4 is 16.0 Å². The number of nitrogen functional groups attached to an aromatic ring is 1. The summed E-state index contributed by atoms with van der Waals surface area (Å²) < 4.78 is 5.71. The van der Waals surface area contributed by atoms with E-state index in [-0.39, 0.29) is 0 Å². The molecule has 5 heteroatoms. The van der Waals surface area contributed by atoms with Crippen molar-refractivity contribution in [2.75, 3.05) is 12.0 Å². The summed E-state index contributed by atoms with van der Waals surface area (Å²) in [6.07, 6.45) is 3.54. The zero-order valence-electron chi connectivity index (χ0n) is 12.0. The molecular formula is C15H21N3OS. The number of nitrogens with zero attached hydrogens (tertiary/aromatic N) is 1. The van der Waals surface area contributed by atoms with Crippen LogP contribution in [0.1, 0.15) is 31.9 Å². The summed E-state index contributed by atoms with van der Waals surface area (Å²) in [5, 5.41) is 0.734. The van der Waals surface area contributed by atoms with E-state index >= 15 is 0 Å². The Kier molecular flexibility index (Phi) is 5.38. The number of aryl methyl sites for hydroxylation is 1. The SMILES string of the molecule is CCCCCOc1ccc(-c2sc(NN)nc2C)cc1. The van der Waals surface area contributed by atoms with Gasteiger partial charge in [-0.15, -0.1) is 0 Å². The molecule has 20 heavy (non-hydrogen) atoms. The predicted octanol–water partition coefficient (Wildman–Crippen LogP) is 3.97. The Morgan fingerprint density at radius 2 is 2.00 bits per heavy atom. The van der Waals surface area contributed by atoms with Crippen LogP contribution in [-0.4, -0.2) is 11.6 Å². The van der Waals surface area contributed by atoms with Crippen LogP contribution in [0.2, 0.25) is 0 Å². The van der Waals surface area contributed by atoms with E-state index in [4.69, 9.17) is 10.6 Å². The second-order valence-corrected chi connectivity index (χ2v) is 5.66. The van der Waals surface area contributed by atoms with Crippen LogP contribution >= 0.6 is 11.3 Å². The average molecular weight is 291 g/mol. The van der Waals surface area contributed by atoms with Crippen LogP contribution in [0.4, 0.5) is 5.13 Å². The molecule has 2 rings (SSSR count). The summed E-state index contributed by atoms with van der Waals surface area (Å²) in [5.41, 5.74) is 4.72. The zero-order valence-corrected chi connectivity index (χ0v) is 12.8. The highest BCUT2D eigenvalue weighted by atomic mass is 32.1. The van der Waals surface area contributed by atoms with Gasteiger partial charge in [0.2, 0.25) is 0 Å². The van der Waals surface area contributed by atoms with Crippen LogP contribution in [-0.2, 0) is 0 Å². The number of ether oxygens (including phenoxy) is 1. The lowest BCUT2D eigenvalue weighted by Crippen LogP contribution is -2.05. The third-order valence-corrected chi connectivity index (χ3v) is 4.19. The van der Waals surface area contributed by atoms with Gasteiger partial charge in [0.05, 0.1) is 17.2 Å². The molecule has 0 radical (unpaired) electrons. The van der Waals surface area contributed by atoms with E-state index in [2.05, 4.69) is 29.5 Å². The fourth-order valence-electron chi connectivity index (χ4n) is 1.97. The van der Waals surface area contributed by atoms with E-state index in [0.29, 0.717) is 0 Å². The third-order valence-electron chi connectivity index (χ3n) is 3.05. The first-order valence-corrected chi connectivity index (χ1v) is 7.73.